The Bertz CT molecular complexity index is 699. The molecule has 0 bridgehead atoms. The van der Waals surface area contributed by atoms with Crippen molar-refractivity contribution in [2.75, 3.05) is 0 Å². The fourth-order valence-electron chi connectivity index (χ4n) is 1.38. The Labute approximate surface area is 90.7 Å². The van der Waals surface area contributed by atoms with Gasteiger partial charge >= 0.3 is 11.9 Å². The average Bonchev–Trinajstić information content (AvgIpc) is 2.24. The van der Waals surface area contributed by atoms with Crippen molar-refractivity contribution in [2.45, 2.75) is 6.18 Å². The summed E-state index contributed by atoms with van der Waals surface area (Å²) in [6.07, 6.45) is -4.57. The molecule has 1 heterocycles. The van der Waals surface area contributed by atoms with E-state index in [1.807, 2.05) is 4.98 Å². The molecule has 2 aromatic rings. The van der Waals surface area contributed by atoms with Crippen LogP contribution in [-0.2, 0) is 6.18 Å². The van der Waals surface area contributed by atoms with Crippen molar-refractivity contribution in [3.63, 3.8) is 0 Å². The first-order valence-corrected chi connectivity index (χ1v) is 4.36. The summed E-state index contributed by atoms with van der Waals surface area (Å²) in [5.74, 6) is 0. The molecule has 0 aliphatic carbocycles. The molecule has 5 nitrogen and oxygen atoms in total. The fourth-order valence-corrected chi connectivity index (χ4v) is 1.38. The normalized spacial score (nSPS) is 11.9. The minimum atomic E-state index is -4.57. The number of alkyl halides is 3. The maximum atomic E-state index is 12.4. The van der Waals surface area contributed by atoms with Crippen molar-refractivity contribution in [2.24, 2.45) is 0 Å². The monoisotopic (exact) mass is 246 g/mol. The van der Waals surface area contributed by atoms with E-state index in [0.29, 0.717) is 12.1 Å². The Morgan fingerprint density at radius 1 is 1.24 bits per heavy atom. The minimum absolute atomic E-state index is 0.199. The lowest BCUT2D eigenvalue weighted by atomic mass is 10.1. The van der Waals surface area contributed by atoms with Gasteiger partial charge in [-0.3, -0.25) is 4.79 Å². The SMILES string of the molecule is O=c1[nH]c2cc(C(F)(F)F)ccc2c(=O)n1O. The topological polar surface area (TPSA) is 75.1 Å². The number of hydrogen-bond acceptors (Lipinski definition) is 3. The molecule has 0 fully saturated rings. The van der Waals surface area contributed by atoms with Crippen LogP contribution in [0.4, 0.5) is 13.2 Å². The summed E-state index contributed by atoms with van der Waals surface area (Å²) in [7, 11) is 0. The smallest absolute Gasteiger partial charge is 0.416 e. The zero-order valence-corrected chi connectivity index (χ0v) is 8.08. The third-order valence-electron chi connectivity index (χ3n) is 2.20. The third-order valence-corrected chi connectivity index (χ3v) is 2.20. The van der Waals surface area contributed by atoms with Gasteiger partial charge in [-0.2, -0.15) is 13.2 Å². The van der Waals surface area contributed by atoms with Gasteiger partial charge in [0.2, 0.25) is 0 Å². The van der Waals surface area contributed by atoms with E-state index in [9.17, 15) is 22.8 Å². The lowest BCUT2D eigenvalue weighted by molar-refractivity contribution is -0.137. The van der Waals surface area contributed by atoms with Crippen LogP contribution in [0.3, 0.4) is 0 Å². The zero-order chi connectivity index (χ0) is 12.8. The standard InChI is InChI=1S/C9H5F3N2O3/c10-9(11,12)4-1-2-5-6(3-4)13-8(16)14(17)7(5)15/h1-3,17H,(H,13,16). The summed E-state index contributed by atoms with van der Waals surface area (Å²) in [6, 6.07) is 2.23. The van der Waals surface area contributed by atoms with Gasteiger partial charge in [0.15, 0.2) is 0 Å². The van der Waals surface area contributed by atoms with Crippen LogP contribution >= 0.6 is 0 Å². The number of halogens is 3. The van der Waals surface area contributed by atoms with E-state index < -0.39 is 23.0 Å². The molecule has 0 radical (unpaired) electrons. The van der Waals surface area contributed by atoms with E-state index >= 15 is 0 Å². The second kappa shape index (κ2) is 3.37. The van der Waals surface area contributed by atoms with E-state index in [2.05, 4.69) is 0 Å². The molecule has 0 saturated carbocycles. The number of H-pyrrole nitrogens is 1. The number of hydrogen-bond donors (Lipinski definition) is 2. The van der Waals surface area contributed by atoms with Crippen molar-refractivity contribution in [1.82, 2.24) is 9.71 Å². The van der Waals surface area contributed by atoms with Gasteiger partial charge in [0.1, 0.15) is 0 Å². The van der Waals surface area contributed by atoms with Gasteiger partial charge in [-0.25, -0.2) is 4.79 Å². The zero-order valence-electron chi connectivity index (χ0n) is 8.08. The number of aromatic amines is 1. The van der Waals surface area contributed by atoms with E-state index in [4.69, 9.17) is 5.21 Å². The van der Waals surface area contributed by atoms with E-state index in [0.717, 1.165) is 6.07 Å². The maximum absolute atomic E-state index is 12.4. The molecule has 0 aliphatic heterocycles. The van der Waals surface area contributed by atoms with Crippen LogP contribution in [0.25, 0.3) is 10.9 Å². The highest BCUT2D eigenvalue weighted by molar-refractivity contribution is 5.78. The van der Waals surface area contributed by atoms with Crippen LogP contribution in [-0.4, -0.2) is 14.9 Å². The first-order chi connectivity index (χ1) is 7.80. The van der Waals surface area contributed by atoms with Gasteiger partial charge in [0, 0.05) is 0 Å². The molecule has 90 valence electrons. The highest BCUT2D eigenvalue weighted by Crippen LogP contribution is 2.30. The summed E-state index contributed by atoms with van der Waals surface area (Å²) in [6.45, 7) is 0. The second-order valence-corrected chi connectivity index (χ2v) is 3.31. The Morgan fingerprint density at radius 3 is 2.47 bits per heavy atom. The number of nitrogens with one attached hydrogen (secondary N) is 1. The molecule has 0 aliphatic rings. The van der Waals surface area contributed by atoms with Crippen LogP contribution in [0.5, 0.6) is 0 Å². The summed E-state index contributed by atoms with van der Waals surface area (Å²) in [5.41, 5.74) is -3.53. The van der Waals surface area contributed by atoms with Crippen LogP contribution < -0.4 is 11.2 Å². The van der Waals surface area contributed by atoms with Crippen molar-refractivity contribution >= 4 is 10.9 Å². The maximum Gasteiger partial charge on any atom is 0.416 e. The molecule has 0 saturated heterocycles. The Kier molecular flexibility index (Phi) is 2.23. The average molecular weight is 246 g/mol. The van der Waals surface area contributed by atoms with Gasteiger partial charge in [0.25, 0.3) is 5.56 Å². The minimum Gasteiger partial charge on any atom is -0.421 e. The highest BCUT2D eigenvalue weighted by Gasteiger charge is 2.30. The lowest BCUT2D eigenvalue weighted by Gasteiger charge is -2.07. The molecule has 2 N–H and O–H groups in total. The van der Waals surface area contributed by atoms with Crippen molar-refractivity contribution in [3.8, 4) is 0 Å². The number of rotatable bonds is 0. The molecule has 8 heteroatoms. The molecule has 1 aromatic heterocycles. The van der Waals surface area contributed by atoms with Crippen molar-refractivity contribution < 1.29 is 18.4 Å². The molecular weight excluding hydrogens is 241 g/mol. The summed E-state index contributed by atoms with van der Waals surface area (Å²) in [5, 5.41) is 8.76. The van der Waals surface area contributed by atoms with Gasteiger partial charge in [0.05, 0.1) is 16.5 Å². The summed E-state index contributed by atoms with van der Waals surface area (Å²) < 4.78 is 36.9. The molecule has 17 heavy (non-hydrogen) atoms. The van der Waals surface area contributed by atoms with E-state index in [1.54, 1.807) is 0 Å². The predicted octanol–water partition coefficient (Wildman–Crippen LogP) is 0.946. The lowest BCUT2D eigenvalue weighted by Crippen LogP contribution is -2.33. The van der Waals surface area contributed by atoms with Crippen LogP contribution in [0.15, 0.2) is 27.8 Å². The summed E-state index contributed by atoms with van der Waals surface area (Å²) in [4.78, 5) is 24.3. The molecule has 0 amide bonds. The van der Waals surface area contributed by atoms with Crippen molar-refractivity contribution in [3.05, 3.63) is 44.6 Å². The molecule has 0 spiro atoms. The second-order valence-electron chi connectivity index (χ2n) is 3.31. The Hall–Kier alpha value is -2.25. The quantitative estimate of drug-likeness (QED) is 0.679. The largest absolute Gasteiger partial charge is 0.421 e. The fraction of sp³-hybridized carbons (Fsp3) is 0.111. The Balaban J connectivity index is 2.86. The number of nitrogens with zero attached hydrogens (tertiary/aromatic N) is 1. The highest BCUT2D eigenvalue weighted by atomic mass is 19.4. The molecular formula is C9H5F3N2O3. The number of benzene rings is 1. The predicted molar refractivity (Wildman–Crippen MR) is 51.0 cm³/mol. The van der Waals surface area contributed by atoms with Crippen molar-refractivity contribution in [1.29, 1.82) is 0 Å². The van der Waals surface area contributed by atoms with E-state index in [1.165, 1.54) is 0 Å². The molecule has 1 aromatic carbocycles. The van der Waals surface area contributed by atoms with Gasteiger partial charge in [-0.05, 0) is 18.2 Å². The van der Waals surface area contributed by atoms with Crippen LogP contribution in [0.2, 0.25) is 0 Å². The van der Waals surface area contributed by atoms with Gasteiger partial charge in [-0.1, -0.05) is 4.73 Å². The Morgan fingerprint density at radius 2 is 1.88 bits per heavy atom. The molecule has 0 atom stereocenters. The van der Waals surface area contributed by atoms with Crippen LogP contribution in [0, 0.1) is 0 Å². The first-order valence-electron chi connectivity index (χ1n) is 4.36. The van der Waals surface area contributed by atoms with Crippen LogP contribution in [0.1, 0.15) is 5.56 Å². The number of aromatic nitrogens is 2. The summed E-state index contributed by atoms with van der Waals surface area (Å²) >= 11 is 0. The molecule has 0 unspecified atom stereocenters. The third kappa shape index (κ3) is 1.77. The molecule has 2 rings (SSSR count). The first kappa shape index (κ1) is 11.2. The van der Waals surface area contributed by atoms with E-state index in [-0.39, 0.29) is 15.6 Å². The van der Waals surface area contributed by atoms with Gasteiger partial charge in [-0.15, -0.1) is 0 Å². The number of fused-ring (bicyclic) bond motifs is 1. The van der Waals surface area contributed by atoms with Gasteiger partial charge < -0.3 is 10.2 Å².